The predicted octanol–water partition coefficient (Wildman–Crippen LogP) is 3.11. The SMILES string of the molecule is CC(c1ccccc1)C1OCCCC1C#N. The summed E-state index contributed by atoms with van der Waals surface area (Å²) in [6, 6.07) is 12.7. The quantitative estimate of drug-likeness (QED) is 0.759. The summed E-state index contributed by atoms with van der Waals surface area (Å²) in [5.41, 5.74) is 1.26. The Hall–Kier alpha value is -1.33. The average Bonchev–Trinajstić information content (AvgIpc) is 2.39. The van der Waals surface area contributed by atoms with Gasteiger partial charge in [0.25, 0.3) is 0 Å². The second-order valence-electron chi connectivity index (χ2n) is 4.41. The van der Waals surface area contributed by atoms with Crippen LogP contribution in [-0.2, 0) is 4.74 Å². The second kappa shape index (κ2) is 5.14. The fourth-order valence-electron chi connectivity index (χ4n) is 2.38. The lowest BCUT2D eigenvalue weighted by molar-refractivity contribution is -0.0217. The molecule has 0 N–H and O–H groups in total. The van der Waals surface area contributed by atoms with Crippen LogP contribution in [0.25, 0.3) is 0 Å². The second-order valence-corrected chi connectivity index (χ2v) is 4.41. The minimum Gasteiger partial charge on any atom is -0.376 e. The Bertz CT molecular complexity index is 368. The van der Waals surface area contributed by atoms with Gasteiger partial charge in [0.15, 0.2) is 0 Å². The van der Waals surface area contributed by atoms with E-state index in [1.165, 1.54) is 5.56 Å². The molecular weight excluding hydrogens is 198 g/mol. The molecule has 0 bridgehead atoms. The molecule has 1 saturated heterocycles. The molecule has 0 aliphatic carbocycles. The predicted molar refractivity (Wildman–Crippen MR) is 62.9 cm³/mol. The van der Waals surface area contributed by atoms with Crippen molar-refractivity contribution in [2.75, 3.05) is 6.61 Å². The molecule has 2 rings (SSSR count). The Morgan fingerprint density at radius 3 is 2.81 bits per heavy atom. The van der Waals surface area contributed by atoms with Gasteiger partial charge in [-0.1, -0.05) is 37.3 Å². The molecule has 3 unspecified atom stereocenters. The molecule has 1 heterocycles. The smallest absolute Gasteiger partial charge is 0.0798 e. The summed E-state index contributed by atoms with van der Waals surface area (Å²) in [6.07, 6.45) is 2.04. The first-order valence-corrected chi connectivity index (χ1v) is 5.89. The Kier molecular flexibility index (Phi) is 3.58. The van der Waals surface area contributed by atoms with Crippen molar-refractivity contribution in [3.63, 3.8) is 0 Å². The van der Waals surface area contributed by atoms with E-state index in [2.05, 4.69) is 25.1 Å². The lowest BCUT2D eigenvalue weighted by atomic mass is 9.84. The van der Waals surface area contributed by atoms with Crippen LogP contribution < -0.4 is 0 Å². The maximum absolute atomic E-state index is 9.13. The number of ether oxygens (including phenoxy) is 1. The third-order valence-corrected chi connectivity index (χ3v) is 3.35. The van der Waals surface area contributed by atoms with Crippen molar-refractivity contribution in [2.45, 2.75) is 31.8 Å². The van der Waals surface area contributed by atoms with Gasteiger partial charge in [-0.3, -0.25) is 0 Å². The summed E-state index contributed by atoms with van der Waals surface area (Å²) < 4.78 is 5.78. The van der Waals surface area contributed by atoms with Gasteiger partial charge in [-0.05, 0) is 18.4 Å². The molecule has 0 aromatic heterocycles. The van der Waals surface area contributed by atoms with E-state index in [0.29, 0.717) is 5.92 Å². The van der Waals surface area contributed by atoms with E-state index in [0.717, 1.165) is 19.4 Å². The highest BCUT2D eigenvalue weighted by atomic mass is 16.5. The van der Waals surface area contributed by atoms with Gasteiger partial charge in [0.2, 0.25) is 0 Å². The minimum atomic E-state index is 0.0453. The average molecular weight is 215 g/mol. The van der Waals surface area contributed by atoms with Crippen LogP contribution in [0.3, 0.4) is 0 Å². The van der Waals surface area contributed by atoms with Crippen LogP contribution >= 0.6 is 0 Å². The fraction of sp³-hybridized carbons (Fsp3) is 0.500. The number of hydrogen-bond acceptors (Lipinski definition) is 2. The summed E-state index contributed by atoms with van der Waals surface area (Å²) >= 11 is 0. The monoisotopic (exact) mass is 215 g/mol. The van der Waals surface area contributed by atoms with Crippen LogP contribution in [0.1, 0.15) is 31.2 Å². The van der Waals surface area contributed by atoms with Crippen LogP contribution in [0.4, 0.5) is 0 Å². The number of benzene rings is 1. The molecule has 2 nitrogen and oxygen atoms in total. The first-order valence-electron chi connectivity index (χ1n) is 5.89. The highest BCUT2D eigenvalue weighted by Crippen LogP contribution is 2.31. The zero-order valence-corrected chi connectivity index (χ0v) is 9.60. The van der Waals surface area contributed by atoms with Crippen molar-refractivity contribution in [2.24, 2.45) is 5.92 Å². The van der Waals surface area contributed by atoms with Crippen LogP contribution in [0.2, 0.25) is 0 Å². The van der Waals surface area contributed by atoms with Crippen molar-refractivity contribution < 1.29 is 4.74 Å². The van der Waals surface area contributed by atoms with Gasteiger partial charge < -0.3 is 4.74 Å². The zero-order chi connectivity index (χ0) is 11.4. The molecule has 0 spiro atoms. The van der Waals surface area contributed by atoms with Crippen molar-refractivity contribution >= 4 is 0 Å². The summed E-state index contributed by atoms with van der Waals surface area (Å²) in [7, 11) is 0. The summed E-state index contributed by atoms with van der Waals surface area (Å²) in [5.74, 6) is 0.343. The lowest BCUT2D eigenvalue weighted by Crippen LogP contribution is -2.33. The van der Waals surface area contributed by atoms with E-state index in [9.17, 15) is 0 Å². The fourth-order valence-corrected chi connectivity index (χ4v) is 2.38. The van der Waals surface area contributed by atoms with Gasteiger partial charge in [-0.15, -0.1) is 0 Å². The van der Waals surface area contributed by atoms with E-state index in [1.54, 1.807) is 0 Å². The maximum atomic E-state index is 9.13. The third-order valence-electron chi connectivity index (χ3n) is 3.35. The first-order chi connectivity index (χ1) is 7.83. The van der Waals surface area contributed by atoms with Crippen LogP contribution in [0, 0.1) is 17.2 Å². The molecule has 0 saturated carbocycles. The molecule has 1 aliphatic heterocycles. The molecule has 1 aliphatic rings. The van der Waals surface area contributed by atoms with E-state index in [1.807, 2.05) is 18.2 Å². The largest absolute Gasteiger partial charge is 0.376 e. The van der Waals surface area contributed by atoms with Crippen LogP contribution in [0.5, 0.6) is 0 Å². The van der Waals surface area contributed by atoms with Gasteiger partial charge in [0, 0.05) is 12.5 Å². The Balaban J connectivity index is 2.14. The molecule has 0 amide bonds. The van der Waals surface area contributed by atoms with E-state index in [-0.39, 0.29) is 12.0 Å². The molecule has 1 aromatic carbocycles. The zero-order valence-electron chi connectivity index (χ0n) is 9.60. The van der Waals surface area contributed by atoms with Crippen LogP contribution in [0.15, 0.2) is 30.3 Å². The van der Waals surface area contributed by atoms with E-state index < -0.39 is 0 Å². The van der Waals surface area contributed by atoms with Crippen molar-refractivity contribution in [1.82, 2.24) is 0 Å². The molecule has 1 fully saturated rings. The third kappa shape index (κ3) is 2.25. The summed E-state index contributed by atoms with van der Waals surface area (Å²) in [6.45, 7) is 2.94. The van der Waals surface area contributed by atoms with Gasteiger partial charge in [0.1, 0.15) is 0 Å². The molecule has 3 atom stereocenters. The summed E-state index contributed by atoms with van der Waals surface area (Å²) in [4.78, 5) is 0. The first kappa shape index (κ1) is 11.2. The maximum Gasteiger partial charge on any atom is 0.0798 e. The van der Waals surface area contributed by atoms with E-state index >= 15 is 0 Å². The molecule has 84 valence electrons. The lowest BCUT2D eigenvalue weighted by Gasteiger charge is -2.32. The van der Waals surface area contributed by atoms with Crippen molar-refractivity contribution in [3.8, 4) is 6.07 Å². The highest BCUT2D eigenvalue weighted by molar-refractivity contribution is 5.21. The molecule has 1 aromatic rings. The van der Waals surface area contributed by atoms with Crippen LogP contribution in [-0.4, -0.2) is 12.7 Å². The molecule has 0 radical (unpaired) electrons. The minimum absolute atomic E-state index is 0.0453. The number of nitriles is 1. The Morgan fingerprint density at radius 1 is 1.38 bits per heavy atom. The van der Waals surface area contributed by atoms with Gasteiger partial charge >= 0.3 is 0 Å². The standard InChI is InChI=1S/C14H17NO/c1-11(12-6-3-2-4-7-12)14-13(10-15)8-5-9-16-14/h2-4,6-7,11,13-14H,5,8-9H2,1H3. The molecule has 16 heavy (non-hydrogen) atoms. The normalized spacial score (nSPS) is 27.0. The number of nitrogens with zero attached hydrogens (tertiary/aromatic N) is 1. The summed E-state index contributed by atoms with van der Waals surface area (Å²) in [5, 5.41) is 9.13. The Morgan fingerprint density at radius 2 is 2.12 bits per heavy atom. The van der Waals surface area contributed by atoms with Gasteiger partial charge in [-0.25, -0.2) is 0 Å². The van der Waals surface area contributed by atoms with Gasteiger partial charge in [0.05, 0.1) is 18.1 Å². The van der Waals surface area contributed by atoms with Crippen molar-refractivity contribution in [3.05, 3.63) is 35.9 Å². The number of hydrogen-bond donors (Lipinski definition) is 0. The molecule has 2 heteroatoms. The van der Waals surface area contributed by atoms with Gasteiger partial charge in [-0.2, -0.15) is 5.26 Å². The molecular formula is C14H17NO. The van der Waals surface area contributed by atoms with Crippen molar-refractivity contribution in [1.29, 1.82) is 5.26 Å². The highest BCUT2D eigenvalue weighted by Gasteiger charge is 2.31. The topological polar surface area (TPSA) is 33.0 Å². The number of rotatable bonds is 2. The van der Waals surface area contributed by atoms with E-state index in [4.69, 9.17) is 10.00 Å². The Labute approximate surface area is 96.9 Å².